The van der Waals surface area contributed by atoms with Crippen molar-refractivity contribution in [1.29, 1.82) is 5.26 Å². The summed E-state index contributed by atoms with van der Waals surface area (Å²) >= 11 is 0. The second-order valence-electron chi connectivity index (χ2n) is 13.7. The van der Waals surface area contributed by atoms with Crippen LogP contribution in [0.5, 0.6) is 0 Å². The molecule has 2 spiro atoms. The Labute approximate surface area is 229 Å². The van der Waals surface area contributed by atoms with Crippen LogP contribution in [0, 0.1) is 34.0 Å². The predicted octanol–water partition coefficient (Wildman–Crippen LogP) is 4.71. The quantitative estimate of drug-likeness (QED) is 0.449. The molecular formula is C28H40F3N3O4Si. The monoisotopic (exact) mass is 567 g/mol. The van der Waals surface area contributed by atoms with E-state index >= 15 is 0 Å². The van der Waals surface area contributed by atoms with Crippen molar-refractivity contribution in [3.8, 4) is 6.07 Å². The van der Waals surface area contributed by atoms with Crippen molar-refractivity contribution in [2.75, 3.05) is 6.17 Å². The molecule has 2 saturated heterocycles. The fourth-order valence-electron chi connectivity index (χ4n) is 7.07. The van der Waals surface area contributed by atoms with E-state index < -0.39 is 61.7 Å². The maximum absolute atomic E-state index is 13.8. The molecule has 0 aromatic carbocycles. The van der Waals surface area contributed by atoms with Gasteiger partial charge in [0, 0.05) is 24.9 Å². The molecule has 0 radical (unpaired) electrons. The molecule has 0 aromatic rings. The first kappa shape index (κ1) is 29.8. The Morgan fingerprint density at radius 2 is 1.79 bits per heavy atom. The normalized spacial score (nSPS) is 27.3. The number of nitriles is 1. The van der Waals surface area contributed by atoms with E-state index in [4.69, 9.17) is 0 Å². The van der Waals surface area contributed by atoms with Gasteiger partial charge in [0.1, 0.15) is 17.9 Å². The lowest BCUT2D eigenvalue weighted by Crippen LogP contribution is -2.52. The van der Waals surface area contributed by atoms with Gasteiger partial charge in [-0.25, -0.2) is 0 Å². The minimum absolute atomic E-state index is 0.144. The van der Waals surface area contributed by atoms with Crippen LogP contribution in [0.25, 0.3) is 0 Å². The van der Waals surface area contributed by atoms with Crippen LogP contribution in [0.2, 0.25) is 18.1 Å². The predicted molar refractivity (Wildman–Crippen MR) is 140 cm³/mol. The van der Waals surface area contributed by atoms with Gasteiger partial charge in [0.2, 0.25) is 17.6 Å². The summed E-state index contributed by atoms with van der Waals surface area (Å²) in [4.78, 5) is 53.5. The Kier molecular flexibility index (Phi) is 8.12. The molecule has 4 fully saturated rings. The molecule has 0 aromatic heterocycles. The first-order valence-electron chi connectivity index (χ1n) is 14.2. The second-order valence-corrected chi connectivity index (χ2v) is 18.5. The van der Waals surface area contributed by atoms with E-state index in [1.165, 1.54) is 4.90 Å². The molecule has 0 bridgehead atoms. The van der Waals surface area contributed by atoms with Crippen molar-refractivity contribution in [2.24, 2.45) is 22.7 Å². The third-order valence-electron chi connectivity index (χ3n) is 9.78. The summed E-state index contributed by atoms with van der Waals surface area (Å²) in [5.74, 6) is -4.39. The van der Waals surface area contributed by atoms with Gasteiger partial charge in [-0.15, -0.1) is 0 Å². The van der Waals surface area contributed by atoms with E-state index in [1.54, 1.807) is 20.8 Å². The Morgan fingerprint density at radius 3 is 2.31 bits per heavy atom. The molecular weight excluding hydrogens is 527 g/mol. The average Bonchev–Trinajstić information content (AvgIpc) is 3.25. The van der Waals surface area contributed by atoms with Crippen molar-refractivity contribution in [2.45, 2.75) is 115 Å². The average molecular weight is 568 g/mol. The molecule has 11 heteroatoms. The highest BCUT2D eigenvalue weighted by Gasteiger charge is 2.54. The minimum atomic E-state index is -5.04. The van der Waals surface area contributed by atoms with Crippen LogP contribution in [0.15, 0.2) is 0 Å². The van der Waals surface area contributed by atoms with Gasteiger partial charge in [0.05, 0.1) is 20.1 Å². The highest BCUT2D eigenvalue weighted by Crippen LogP contribution is 2.56. The summed E-state index contributed by atoms with van der Waals surface area (Å²) in [5.41, 5.74) is -0.761. The number of Topliss-reactive ketones (excluding diaryl/α,β-unsaturated/α-hetero) is 2. The van der Waals surface area contributed by atoms with E-state index in [1.807, 2.05) is 0 Å². The molecule has 2 heterocycles. The Morgan fingerprint density at radius 1 is 1.15 bits per heavy atom. The molecule has 2 aliphatic carbocycles. The van der Waals surface area contributed by atoms with Gasteiger partial charge in [-0.1, -0.05) is 45.7 Å². The Hall–Kier alpha value is -2.22. The highest BCUT2D eigenvalue weighted by molar-refractivity contribution is 6.82. The van der Waals surface area contributed by atoms with Gasteiger partial charge < -0.3 is 10.2 Å². The molecule has 39 heavy (non-hydrogen) atoms. The standard InChI is InChI=1S/C28H40F3N3O4Si/c1-26(2,3)20(13-23(36)28(29,30)31)25(38)34-17-39(10-4-5-11-39)16-21(34)24(37)33-19(15-32)12-18-6-7-27(8-9-27)14-22(18)35/h18-21H,4-14,16-17H2,1-3H3,(H,33,37)/t18-,19-,20+,21?/m0/s1. The van der Waals surface area contributed by atoms with Crippen molar-refractivity contribution in [3.05, 3.63) is 0 Å². The molecule has 4 atom stereocenters. The van der Waals surface area contributed by atoms with Crippen LogP contribution in [0.1, 0.15) is 78.6 Å². The van der Waals surface area contributed by atoms with Crippen molar-refractivity contribution in [1.82, 2.24) is 10.2 Å². The fraction of sp³-hybridized carbons (Fsp3) is 0.821. The maximum Gasteiger partial charge on any atom is 0.449 e. The van der Waals surface area contributed by atoms with Crippen molar-refractivity contribution >= 4 is 31.5 Å². The number of ketones is 2. The number of hydrogen-bond donors (Lipinski definition) is 1. The van der Waals surface area contributed by atoms with Gasteiger partial charge in [-0.2, -0.15) is 18.4 Å². The lowest BCUT2D eigenvalue weighted by Gasteiger charge is -2.35. The zero-order chi connectivity index (χ0) is 28.8. The number of rotatable bonds is 7. The number of halogens is 3. The lowest BCUT2D eigenvalue weighted by atomic mass is 9.76. The zero-order valence-electron chi connectivity index (χ0n) is 23.2. The summed E-state index contributed by atoms with van der Waals surface area (Å²) in [7, 11) is -2.03. The van der Waals surface area contributed by atoms with E-state index in [0.717, 1.165) is 44.2 Å². The maximum atomic E-state index is 13.8. The number of carbonyl (C=O) groups is 4. The van der Waals surface area contributed by atoms with Crippen LogP contribution in [0.4, 0.5) is 13.2 Å². The third-order valence-corrected chi connectivity index (χ3v) is 14.9. The molecule has 2 saturated carbocycles. The molecule has 7 nitrogen and oxygen atoms in total. The van der Waals surface area contributed by atoms with Crippen molar-refractivity contribution < 1.29 is 32.3 Å². The number of alkyl halides is 3. The Bertz CT molecular complexity index is 1050. The molecule has 1 unspecified atom stereocenters. The van der Waals surface area contributed by atoms with Crippen LogP contribution in [0.3, 0.4) is 0 Å². The van der Waals surface area contributed by atoms with Crippen LogP contribution < -0.4 is 5.32 Å². The minimum Gasteiger partial charge on any atom is -0.339 e. The molecule has 4 aliphatic rings. The number of hydrogen-bond acceptors (Lipinski definition) is 5. The van der Waals surface area contributed by atoms with E-state index in [0.29, 0.717) is 25.1 Å². The van der Waals surface area contributed by atoms with E-state index in [-0.39, 0.29) is 23.5 Å². The summed E-state index contributed by atoms with van der Waals surface area (Å²) in [5, 5.41) is 12.6. The van der Waals surface area contributed by atoms with Gasteiger partial charge in [-0.3, -0.25) is 19.2 Å². The topological polar surface area (TPSA) is 107 Å². The molecule has 1 N–H and O–H groups in total. The summed E-state index contributed by atoms with van der Waals surface area (Å²) in [6, 6.07) is 2.75. The molecule has 4 rings (SSSR count). The molecule has 2 aliphatic heterocycles. The van der Waals surface area contributed by atoms with E-state index in [9.17, 15) is 37.6 Å². The van der Waals surface area contributed by atoms with Gasteiger partial charge in [-0.05, 0) is 49.0 Å². The summed E-state index contributed by atoms with van der Waals surface area (Å²) in [6.07, 6.45) is 0.969. The van der Waals surface area contributed by atoms with Crippen LogP contribution in [-0.2, 0) is 19.2 Å². The molecule has 216 valence electrons. The molecule has 2 amide bonds. The summed E-state index contributed by atoms with van der Waals surface area (Å²) < 4.78 is 39.4. The van der Waals surface area contributed by atoms with Gasteiger partial charge in [0.15, 0.2) is 0 Å². The zero-order valence-corrected chi connectivity index (χ0v) is 24.2. The fourth-order valence-corrected chi connectivity index (χ4v) is 12.5. The second kappa shape index (κ2) is 10.6. The smallest absolute Gasteiger partial charge is 0.339 e. The number of nitrogens with zero attached hydrogens (tertiary/aromatic N) is 2. The number of carbonyl (C=O) groups excluding carboxylic acids is 4. The van der Waals surface area contributed by atoms with Crippen LogP contribution in [-0.4, -0.2) is 60.8 Å². The lowest BCUT2D eigenvalue weighted by molar-refractivity contribution is -0.174. The number of nitrogens with one attached hydrogen (secondary N) is 1. The first-order valence-corrected chi connectivity index (χ1v) is 17.0. The van der Waals surface area contributed by atoms with Gasteiger partial charge >= 0.3 is 6.18 Å². The summed E-state index contributed by atoms with van der Waals surface area (Å²) in [6.45, 7) is 4.89. The van der Waals surface area contributed by atoms with Crippen molar-refractivity contribution in [3.63, 3.8) is 0 Å². The van der Waals surface area contributed by atoms with Crippen LogP contribution >= 0.6 is 0 Å². The first-order chi connectivity index (χ1) is 18.1. The van der Waals surface area contributed by atoms with Gasteiger partial charge in [0.25, 0.3) is 0 Å². The SMILES string of the molecule is CC(C)(C)[C@H](CC(=O)C(F)(F)F)C(=O)N1C[Si]2(CCCC2)CC1C(=O)N[C@H](C#N)C[C@@H]1CCC2(CC2)CC1=O. The van der Waals surface area contributed by atoms with E-state index in [2.05, 4.69) is 11.4 Å². The largest absolute Gasteiger partial charge is 0.449 e. The third kappa shape index (κ3) is 6.58. The number of amides is 2. The Balaban J connectivity index is 1.50. The highest BCUT2D eigenvalue weighted by atomic mass is 28.3.